The predicted molar refractivity (Wildman–Crippen MR) is 109 cm³/mol. The van der Waals surface area contributed by atoms with Crippen molar-refractivity contribution in [3.63, 3.8) is 0 Å². The summed E-state index contributed by atoms with van der Waals surface area (Å²) >= 11 is 0. The third-order valence-electron chi connectivity index (χ3n) is 4.44. The van der Waals surface area contributed by atoms with Gasteiger partial charge in [-0.15, -0.1) is 0 Å². The van der Waals surface area contributed by atoms with Crippen LogP contribution in [0.3, 0.4) is 0 Å². The number of aliphatic hydroxyl groups is 3. The van der Waals surface area contributed by atoms with E-state index in [1.54, 1.807) is 0 Å². The Bertz CT molecular complexity index is 551. The van der Waals surface area contributed by atoms with Gasteiger partial charge in [0.25, 0.3) is 0 Å². The maximum atomic E-state index is 10.4. The number of carbonyl (C=O) groups is 1. The largest absolute Gasteiger partial charge is 0.481 e. The molecule has 1 aliphatic heterocycles. The fraction of sp³-hybridized carbons (Fsp3) is 0.591. The van der Waals surface area contributed by atoms with E-state index in [1.165, 1.54) is 12.2 Å². The van der Waals surface area contributed by atoms with Gasteiger partial charge in [-0.05, 0) is 32.1 Å². The van der Waals surface area contributed by atoms with Crippen LogP contribution in [0.2, 0.25) is 0 Å². The molecule has 1 aliphatic rings. The number of carboxylic acid groups (broad SMARTS) is 1. The average Bonchev–Trinajstić information content (AvgIpc) is 3.02. The van der Waals surface area contributed by atoms with Crippen LogP contribution in [0, 0.1) is 0 Å². The molecule has 0 aromatic heterocycles. The van der Waals surface area contributed by atoms with E-state index in [2.05, 4.69) is 0 Å². The van der Waals surface area contributed by atoms with E-state index in [0.29, 0.717) is 32.1 Å². The highest BCUT2D eigenvalue weighted by Gasteiger charge is 2.36. The molecule has 0 amide bonds. The Morgan fingerprint density at radius 3 is 2.57 bits per heavy atom. The first-order valence-corrected chi connectivity index (χ1v) is 9.98. The second-order valence-electron chi connectivity index (χ2n) is 6.92. The van der Waals surface area contributed by atoms with Crippen LogP contribution in [-0.4, -0.2) is 56.9 Å². The molecule has 1 rings (SSSR count). The molecule has 0 saturated carbocycles. The topological polar surface area (TPSA) is 107 Å². The molecule has 0 unspecified atom stereocenters. The number of aliphatic carboxylic acids is 1. The predicted octanol–water partition coefficient (Wildman–Crippen LogP) is 2.90. The molecule has 4 N–H and O–H groups in total. The molecule has 5 atom stereocenters. The van der Waals surface area contributed by atoms with E-state index >= 15 is 0 Å². The zero-order valence-electron chi connectivity index (χ0n) is 16.6. The summed E-state index contributed by atoms with van der Waals surface area (Å²) in [5, 5.41) is 38.7. The number of hydrogen-bond donors (Lipinski definition) is 4. The van der Waals surface area contributed by atoms with Gasteiger partial charge in [0, 0.05) is 12.8 Å². The monoisotopic (exact) mass is 394 g/mol. The highest BCUT2D eigenvalue weighted by Crippen LogP contribution is 2.26. The summed E-state index contributed by atoms with van der Waals surface area (Å²) in [7, 11) is 0. The number of carboxylic acids is 1. The minimum absolute atomic E-state index is 0.129. The smallest absolute Gasteiger partial charge is 0.303 e. The minimum atomic E-state index is -0.870. The molecule has 28 heavy (non-hydrogen) atoms. The molecule has 1 saturated heterocycles. The number of hydrogen-bond acceptors (Lipinski definition) is 5. The first kappa shape index (κ1) is 24.3. The van der Waals surface area contributed by atoms with Crippen molar-refractivity contribution in [2.45, 2.75) is 82.4 Å². The lowest BCUT2D eigenvalue weighted by Gasteiger charge is -2.16. The van der Waals surface area contributed by atoms with Gasteiger partial charge in [0.1, 0.15) is 0 Å². The van der Waals surface area contributed by atoms with Gasteiger partial charge in [-0.3, -0.25) is 4.79 Å². The molecule has 1 fully saturated rings. The summed E-state index contributed by atoms with van der Waals surface area (Å²) in [6.45, 7) is 2.04. The van der Waals surface area contributed by atoms with E-state index in [4.69, 9.17) is 9.84 Å². The van der Waals surface area contributed by atoms with Crippen LogP contribution < -0.4 is 0 Å². The molecule has 0 aromatic rings. The summed E-state index contributed by atoms with van der Waals surface area (Å²) in [4.78, 5) is 10.4. The third-order valence-corrected chi connectivity index (χ3v) is 4.44. The highest BCUT2D eigenvalue weighted by atomic mass is 16.5. The Hall–Kier alpha value is -1.73. The lowest BCUT2D eigenvalue weighted by atomic mass is 10.0. The Morgan fingerprint density at radius 1 is 1.11 bits per heavy atom. The van der Waals surface area contributed by atoms with E-state index < -0.39 is 30.4 Å². The molecule has 6 nitrogen and oxygen atoms in total. The first-order valence-electron chi connectivity index (χ1n) is 9.98. The number of aliphatic hydroxyl groups excluding tert-OH is 3. The zero-order valence-corrected chi connectivity index (χ0v) is 16.6. The second-order valence-corrected chi connectivity index (χ2v) is 6.92. The quantitative estimate of drug-likeness (QED) is 0.358. The van der Waals surface area contributed by atoms with Crippen LogP contribution in [0.15, 0.2) is 48.6 Å². The first-order chi connectivity index (χ1) is 13.4. The van der Waals surface area contributed by atoms with E-state index in [9.17, 15) is 20.1 Å². The number of rotatable bonds is 13. The second kappa shape index (κ2) is 14.3. The fourth-order valence-electron chi connectivity index (χ4n) is 2.87. The summed E-state index contributed by atoms with van der Waals surface area (Å²) in [5.74, 6) is -0.807. The lowest BCUT2D eigenvalue weighted by molar-refractivity contribution is -0.136. The van der Waals surface area contributed by atoms with E-state index in [1.807, 2.05) is 43.4 Å². The maximum Gasteiger partial charge on any atom is 0.303 e. The van der Waals surface area contributed by atoms with Crippen molar-refractivity contribution in [1.82, 2.24) is 0 Å². The normalized spacial score (nSPS) is 25.5. The van der Waals surface area contributed by atoms with E-state index in [0.717, 1.165) is 6.42 Å². The van der Waals surface area contributed by atoms with Gasteiger partial charge in [0.15, 0.2) is 0 Å². The lowest BCUT2D eigenvalue weighted by Crippen LogP contribution is -2.24. The average molecular weight is 395 g/mol. The van der Waals surface area contributed by atoms with Crippen molar-refractivity contribution in [3.8, 4) is 0 Å². The van der Waals surface area contributed by atoms with Crippen molar-refractivity contribution in [2.24, 2.45) is 0 Å². The Labute approximate surface area is 167 Å². The van der Waals surface area contributed by atoms with Crippen molar-refractivity contribution in [1.29, 1.82) is 0 Å². The Balaban J connectivity index is 2.28. The molecule has 1 heterocycles. The van der Waals surface area contributed by atoms with Gasteiger partial charge in [0.2, 0.25) is 0 Å². The molecule has 158 valence electrons. The highest BCUT2D eigenvalue weighted by molar-refractivity contribution is 5.66. The molecule has 6 heteroatoms. The number of ether oxygens (including phenoxy) is 1. The van der Waals surface area contributed by atoms with Crippen molar-refractivity contribution in [3.05, 3.63) is 48.6 Å². The SMILES string of the molecule is CC/C=C\C[C@@H]1O[C@@H]([C@@H](O)/C=C/[C@H](O)C/C=C\C/C=C\CCC(=O)O)C[C@H]1O. The number of allylic oxidation sites excluding steroid dienone is 4. The van der Waals surface area contributed by atoms with Gasteiger partial charge in [0.05, 0.1) is 30.5 Å². The van der Waals surface area contributed by atoms with Gasteiger partial charge < -0.3 is 25.2 Å². The van der Waals surface area contributed by atoms with Crippen LogP contribution in [0.5, 0.6) is 0 Å². The van der Waals surface area contributed by atoms with Crippen molar-refractivity contribution >= 4 is 5.97 Å². The van der Waals surface area contributed by atoms with Crippen LogP contribution in [0.25, 0.3) is 0 Å². The standard InChI is InChI=1S/C22H34O6/c1-2-3-8-12-20-19(25)16-21(28-20)18(24)15-14-17(23)11-9-6-4-5-7-10-13-22(26)27/h3,5-9,14-15,17-21,23-25H,2,4,10-13,16H2,1H3,(H,26,27)/b7-5-,8-3-,9-6-,15-14+/t17-,18+,19-,20+,21-/m1/s1. The van der Waals surface area contributed by atoms with Gasteiger partial charge in [-0.25, -0.2) is 0 Å². The molecule has 0 aliphatic carbocycles. The van der Waals surface area contributed by atoms with Crippen LogP contribution >= 0.6 is 0 Å². The summed E-state index contributed by atoms with van der Waals surface area (Å²) in [6.07, 6.45) is 15.3. The van der Waals surface area contributed by atoms with Crippen LogP contribution in [0.1, 0.15) is 51.9 Å². The molecular formula is C22H34O6. The van der Waals surface area contributed by atoms with Crippen molar-refractivity contribution in [2.75, 3.05) is 0 Å². The fourth-order valence-corrected chi connectivity index (χ4v) is 2.87. The molecule has 0 radical (unpaired) electrons. The maximum absolute atomic E-state index is 10.4. The summed E-state index contributed by atoms with van der Waals surface area (Å²) < 4.78 is 5.73. The van der Waals surface area contributed by atoms with E-state index in [-0.39, 0.29) is 12.5 Å². The van der Waals surface area contributed by atoms with Gasteiger partial charge >= 0.3 is 5.97 Å². The summed E-state index contributed by atoms with van der Waals surface area (Å²) in [5.41, 5.74) is 0. The minimum Gasteiger partial charge on any atom is -0.481 e. The molecule has 0 bridgehead atoms. The molecule has 0 spiro atoms. The van der Waals surface area contributed by atoms with Gasteiger partial charge in [-0.2, -0.15) is 0 Å². The van der Waals surface area contributed by atoms with Gasteiger partial charge in [-0.1, -0.05) is 55.5 Å². The summed E-state index contributed by atoms with van der Waals surface area (Å²) in [6, 6.07) is 0. The third kappa shape index (κ3) is 10.6. The molecule has 0 aromatic carbocycles. The van der Waals surface area contributed by atoms with Crippen LogP contribution in [-0.2, 0) is 9.53 Å². The van der Waals surface area contributed by atoms with Crippen LogP contribution in [0.4, 0.5) is 0 Å². The molecular weight excluding hydrogens is 360 g/mol. The zero-order chi connectivity index (χ0) is 20.8. The Morgan fingerprint density at radius 2 is 1.86 bits per heavy atom. The Kier molecular flexibility index (Phi) is 12.4. The van der Waals surface area contributed by atoms with Crippen molar-refractivity contribution < 1.29 is 30.0 Å².